The summed E-state index contributed by atoms with van der Waals surface area (Å²) in [4.78, 5) is 1.60. The number of hydrogen-bond donors (Lipinski definition) is 1. The maximum atomic E-state index is 9.87. The molecule has 1 unspecified atom stereocenters. The first kappa shape index (κ1) is 24.7. The Morgan fingerprint density at radius 1 is 0.913 bits per heavy atom. The Kier molecular flexibility index (Phi) is 10.4. The molecule has 0 spiro atoms. The molecule has 0 aromatic rings. The van der Waals surface area contributed by atoms with Crippen molar-refractivity contribution in [2.24, 2.45) is 5.92 Å². The Labute approximate surface area is 135 Å². The molecule has 0 heterocycles. The van der Waals surface area contributed by atoms with Gasteiger partial charge in [-0.25, -0.2) is 0 Å². The summed E-state index contributed by atoms with van der Waals surface area (Å²) in [6.07, 6.45) is 10.8. The van der Waals surface area contributed by atoms with Gasteiger partial charge in [-0.3, -0.25) is 0 Å². The fourth-order valence-corrected chi connectivity index (χ4v) is 2.15. The van der Waals surface area contributed by atoms with E-state index in [1.807, 2.05) is 12.2 Å². The fraction of sp³-hybridized carbons (Fsp3) is 0.733. The summed E-state index contributed by atoms with van der Waals surface area (Å²) in [7, 11) is -10.7. The van der Waals surface area contributed by atoms with E-state index in [9.17, 15) is 25.2 Å². The zero-order valence-electron chi connectivity index (χ0n) is 14.0. The third kappa shape index (κ3) is 30.0. The molecule has 142 valence electrons. The molecule has 0 aromatic carbocycles. The summed E-state index contributed by atoms with van der Waals surface area (Å²) in [5.74, 6) is 0.921. The van der Waals surface area contributed by atoms with Crippen molar-refractivity contribution < 1.29 is 30.1 Å². The van der Waals surface area contributed by atoms with E-state index in [0.29, 0.717) is 0 Å². The van der Waals surface area contributed by atoms with E-state index in [4.69, 9.17) is 0 Å². The van der Waals surface area contributed by atoms with E-state index in [1.165, 1.54) is 38.6 Å². The first-order valence-corrected chi connectivity index (χ1v) is 9.88. The molecule has 0 bridgehead atoms. The third-order valence-corrected chi connectivity index (χ3v) is 3.32. The summed E-state index contributed by atoms with van der Waals surface area (Å²) in [5.41, 5.74) is 0. The molecular weight excluding hydrogens is 339 g/mol. The molecule has 0 saturated heterocycles. The van der Waals surface area contributed by atoms with Gasteiger partial charge in [-0.2, -0.15) is 0 Å². The molecule has 0 aliphatic heterocycles. The Bertz CT molecular complexity index is 316. The Morgan fingerprint density at radius 3 is 1.65 bits per heavy atom. The van der Waals surface area contributed by atoms with Crippen molar-refractivity contribution in [3.8, 4) is 0 Å². The summed E-state index contributed by atoms with van der Waals surface area (Å²) >= 11 is 0. The molecular formula is C15H30F6NP. The fourth-order valence-electron chi connectivity index (χ4n) is 2.15. The van der Waals surface area contributed by atoms with Crippen LogP contribution in [-0.4, -0.2) is 19.6 Å². The first-order chi connectivity index (χ1) is 10.2. The van der Waals surface area contributed by atoms with Gasteiger partial charge in [0.05, 0.1) is 19.6 Å². The number of unbranched alkanes of at least 4 members (excludes halogenated alkanes) is 1. The monoisotopic (exact) mass is 369 g/mol. The van der Waals surface area contributed by atoms with E-state index in [0.717, 1.165) is 19.0 Å². The first-order valence-electron chi connectivity index (χ1n) is 7.85. The van der Waals surface area contributed by atoms with Crippen LogP contribution in [-0.2, 0) is 0 Å². The molecule has 23 heavy (non-hydrogen) atoms. The summed E-state index contributed by atoms with van der Waals surface area (Å²) < 4.78 is 59.2. The predicted molar refractivity (Wildman–Crippen MR) is 87.4 cm³/mol. The number of halogens is 6. The van der Waals surface area contributed by atoms with Crippen LogP contribution in [0.15, 0.2) is 25.3 Å². The van der Waals surface area contributed by atoms with E-state index >= 15 is 0 Å². The van der Waals surface area contributed by atoms with Crippen LogP contribution in [0.1, 0.15) is 46.0 Å². The number of quaternary nitrogens is 1. The Hall–Kier alpha value is -0.550. The van der Waals surface area contributed by atoms with Crippen molar-refractivity contribution >= 4 is 7.81 Å². The second-order valence-electron chi connectivity index (χ2n) is 5.65. The van der Waals surface area contributed by atoms with Crippen LogP contribution in [0.3, 0.4) is 0 Å². The molecule has 0 aliphatic rings. The van der Waals surface area contributed by atoms with Gasteiger partial charge in [0.1, 0.15) is 0 Å². The van der Waals surface area contributed by atoms with Crippen molar-refractivity contribution in [1.29, 1.82) is 0 Å². The number of rotatable bonds is 11. The zero-order chi connectivity index (χ0) is 18.6. The number of nitrogens with one attached hydrogen (secondary N) is 1. The minimum absolute atomic E-state index is 0.921. The van der Waals surface area contributed by atoms with E-state index in [-0.39, 0.29) is 0 Å². The number of hydrogen-bond acceptors (Lipinski definition) is 0. The van der Waals surface area contributed by atoms with Gasteiger partial charge >= 0.3 is 33.0 Å². The second kappa shape index (κ2) is 9.67. The average Bonchev–Trinajstić information content (AvgIpc) is 2.35. The second-order valence-corrected chi connectivity index (χ2v) is 7.57. The molecule has 1 atom stereocenters. The third-order valence-electron chi connectivity index (χ3n) is 3.32. The summed E-state index contributed by atoms with van der Waals surface area (Å²) in [6, 6.07) is 0. The maximum absolute atomic E-state index is 10.7. The normalized spacial score (nSPS) is 15.9. The predicted octanol–water partition coefficient (Wildman–Crippen LogP) is 6.23. The van der Waals surface area contributed by atoms with Gasteiger partial charge < -0.3 is 4.90 Å². The van der Waals surface area contributed by atoms with Gasteiger partial charge in [0.2, 0.25) is 0 Å². The van der Waals surface area contributed by atoms with E-state index in [2.05, 4.69) is 27.0 Å². The molecule has 0 aliphatic carbocycles. The van der Waals surface area contributed by atoms with Crippen LogP contribution >= 0.6 is 7.81 Å². The van der Waals surface area contributed by atoms with Crippen molar-refractivity contribution in [1.82, 2.24) is 0 Å². The molecule has 1 N–H and O–H groups in total. The van der Waals surface area contributed by atoms with Crippen molar-refractivity contribution in [3.63, 3.8) is 0 Å². The molecule has 8 heteroatoms. The van der Waals surface area contributed by atoms with Crippen molar-refractivity contribution in [2.75, 3.05) is 19.6 Å². The molecule has 0 fully saturated rings. The molecule has 0 aromatic heterocycles. The topological polar surface area (TPSA) is 4.44 Å². The van der Waals surface area contributed by atoms with Crippen LogP contribution in [0.25, 0.3) is 0 Å². The van der Waals surface area contributed by atoms with Gasteiger partial charge in [0.25, 0.3) is 0 Å². The Balaban J connectivity index is 0. The molecule has 0 saturated carbocycles. The Morgan fingerprint density at radius 2 is 1.35 bits per heavy atom. The molecule has 0 amide bonds. The quantitative estimate of drug-likeness (QED) is 0.250. The van der Waals surface area contributed by atoms with Crippen LogP contribution in [0.5, 0.6) is 0 Å². The summed E-state index contributed by atoms with van der Waals surface area (Å²) in [6.45, 7) is 15.6. The SMILES string of the molecule is C=CC[NH+](CC=C)CCC(CC)CCCC.F[P-](F)(F)(F)(F)F. The van der Waals surface area contributed by atoms with Crippen LogP contribution in [0.4, 0.5) is 25.2 Å². The minimum atomic E-state index is -10.7. The van der Waals surface area contributed by atoms with Crippen molar-refractivity contribution in [3.05, 3.63) is 25.3 Å². The standard InChI is InChI=1S/C15H29N.F6P/c1-5-9-10-15(8-4)11-14-16(12-6-2)13-7-3;1-7(2,3,4,5)6/h6-7,15H,2-3,5,8-14H2,1,4H3;/q;-1/p+1. The van der Waals surface area contributed by atoms with Gasteiger partial charge in [-0.05, 0) is 24.5 Å². The van der Waals surface area contributed by atoms with E-state index < -0.39 is 7.81 Å². The van der Waals surface area contributed by atoms with Crippen molar-refractivity contribution in [2.45, 2.75) is 46.0 Å². The zero-order valence-corrected chi connectivity index (χ0v) is 14.9. The van der Waals surface area contributed by atoms with Gasteiger partial charge in [-0.15, -0.1) is 0 Å². The van der Waals surface area contributed by atoms with Crippen LogP contribution < -0.4 is 4.90 Å². The molecule has 1 nitrogen and oxygen atoms in total. The van der Waals surface area contributed by atoms with E-state index in [1.54, 1.807) is 4.90 Å². The average molecular weight is 369 g/mol. The molecule has 0 radical (unpaired) electrons. The summed E-state index contributed by atoms with van der Waals surface area (Å²) in [5, 5.41) is 0. The van der Waals surface area contributed by atoms with Crippen LogP contribution in [0.2, 0.25) is 0 Å². The van der Waals surface area contributed by atoms with Crippen LogP contribution in [0, 0.1) is 5.92 Å². The van der Waals surface area contributed by atoms with Gasteiger partial charge in [0.15, 0.2) is 0 Å². The van der Waals surface area contributed by atoms with Gasteiger partial charge in [0, 0.05) is 0 Å². The van der Waals surface area contributed by atoms with Gasteiger partial charge in [-0.1, -0.05) is 52.7 Å². The molecule has 0 rings (SSSR count).